The molecule has 104 valence electrons. The van der Waals surface area contributed by atoms with Crippen molar-refractivity contribution in [3.05, 3.63) is 29.8 Å². The summed E-state index contributed by atoms with van der Waals surface area (Å²) in [6.07, 6.45) is 2.65. The molecule has 0 amide bonds. The second-order valence-electron chi connectivity index (χ2n) is 6.42. The molecule has 2 heteroatoms. The number of para-hydroxylation sites is 1. The molecule has 1 aromatic rings. The van der Waals surface area contributed by atoms with Gasteiger partial charge in [0.25, 0.3) is 0 Å². The summed E-state index contributed by atoms with van der Waals surface area (Å²) in [5.41, 5.74) is 1.57. The zero-order chi connectivity index (χ0) is 13.5. The lowest BCUT2D eigenvalue weighted by Crippen LogP contribution is -2.44. The average Bonchev–Trinajstić information content (AvgIpc) is 2.46. The van der Waals surface area contributed by atoms with Crippen molar-refractivity contribution >= 4 is 0 Å². The number of hydrogen-bond acceptors (Lipinski definition) is 2. The Labute approximate surface area is 116 Å². The van der Waals surface area contributed by atoms with E-state index in [0.717, 1.165) is 19.0 Å². The first-order chi connectivity index (χ1) is 9.16. The molecule has 1 saturated heterocycles. The molecule has 3 unspecified atom stereocenters. The van der Waals surface area contributed by atoms with Crippen molar-refractivity contribution < 1.29 is 9.47 Å². The minimum atomic E-state index is 0.239. The van der Waals surface area contributed by atoms with E-state index in [-0.39, 0.29) is 6.10 Å². The lowest BCUT2D eigenvalue weighted by atomic mass is 9.66. The van der Waals surface area contributed by atoms with Crippen LogP contribution in [-0.4, -0.2) is 13.2 Å². The lowest BCUT2D eigenvalue weighted by Gasteiger charge is -2.48. The van der Waals surface area contributed by atoms with Crippen LogP contribution in [0.5, 0.6) is 5.75 Å². The minimum Gasteiger partial charge on any atom is -0.493 e. The zero-order valence-electron chi connectivity index (χ0n) is 12.2. The van der Waals surface area contributed by atoms with Gasteiger partial charge < -0.3 is 9.47 Å². The quantitative estimate of drug-likeness (QED) is 0.793. The summed E-state index contributed by atoms with van der Waals surface area (Å²) < 4.78 is 12.2. The third-order valence-electron chi connectivity index (χ3n) is 5.25. The van der Waals surface area contributed by atoms with Crippen molar-refractivity contribution in [1.29, 1.82) is 0 Å². The van der Waals surface area contributed by atoms with Crippen LogP contribution >= 0.6 is 0 Å². The maximum atomic E-state index is 6.30. The first-order valence-corrected chi connectivity index (χ1v) is 7.49. The summed E-state index contributed by atoms with van der Waals surface area (Å²) in [4.78, 5) is 0. The number of ether oxygens (including phenoxy) is 2. The molecular weight excluding hydrogens is 236 g/mol. The van der Waals surface area contributed by atoms with E-state index in [9.17, 15) is 0 Å². The number of fused-ring (bicyclic) bond motifs is 3. The smallest absolute Gasteiger partial charge is 0.125 e. The number of benzene rings is 1. The van der Waals surface area contributed by atoms with Crippen molar-refractivity contribution in [3.63, 3.8) is 0 Å². The zero-order valence-corrected chi connectivity index (χ0v) is 12.2. The van der Waals surface area contributed by atoms with Crippen molar-refractivity contribution in [3.8, 4) is 5.75 Å². The Kier molecular flexibility index (Phi) is 3.30. The predicted octanol–water partition coefficient (Wildman–Crippen LogP) is 4.21. The first-order valence-electron chi connectivity index (χ1n) is 7.49. The van der Waals surface area contributed by atoms with Crippen LogP contribution in [0, 0.1) is 17.3 Å². The highest BCUT2D eigenvalue weighted by atomic mass is 16.5. The summed E-state index contributed by atoms with van der Waals surface area (Å²) in [6, 6.07) is 8.32. The van der Waals surface area contributed by atoms with E-state index in [1.165, 1.54) is 18.4 Å². The summed E-state index contributed by atoms with van der Waals surface area (Å²) >= 11 is 0. The monoisotopic (exact) mass is 260 g/mol. The summed E-state index contributed by atoms with van der Waals surface area (Å²) in [5.74, 6) is 2.18. The van der Waals surface area contributed by atoms with Crippen LogP contribution in [-0.2, 0) is 4.74 Å². The van der Waals surface area contributed by atoms with Gasteiger partial charge in [0.2, 0.25) is 0 Å². The Hall–Kier alpha value is -1.02. The van der Waals surface area contributed by atoms with Crippen LogP contribution in [0.15, 0.2) is 24.3 Å². The van der Waals surface area contributed by atoms with E-state index in [2.05, 4.69) is 39.0 Å². The minimum absolute atomic E-state index is 0.239. The van der Waals surface area contributed by atoms with Crippen LogP contribution in [0.25, 0.3) is 0 Å². The largest absolute Gasteiger partial charge is 0.493 e. The molecule has 0 aromatic heterocycles. The molecular formula is C17H24O2. The Balaban J connectivity index is 1.87. The van der Waals surface area contributed by atoms with Crippen LogP contribution in [0.1, 0.15) is 45.3 Å². The highest BCUT2D eigenvalue weighted by Gasteiger charge is 2.45. The van der Waals surface area contributed by atoms with Gasteiger partial charge in [0.15, 0.2) is 0 Å². The van der Waals surface area contributed by atoms with Gasteiger partial charge in [0, 0.05) is 11.5 Å². The highest BCUT2D eigenvalue weighted by Crippen LogP contribution is 2.50. The Morgan fingerprint density at radius 2 is 2.11 bits per heavy atom. The van der Waals surface area contributed by atoms with E-state index in [1.54, 1.807) is 0 Å². The summed E-state index contributed by atoms with van der Waals surface area (Å²) in [7, 11) is 0. The molecule has 2 aliphatic heterocycles. The lowest BCUT2D eigenvalue weighted by molar-refractivity contribution is -0.136. The molecule has 1 aromatic carbocycles. The van der Waals surface area contributed by atoms with Crippen molar-refractivity contribution in [2.75, 3.05) is 13.2 Å². The van der Waals surface area contributed by atoms with Crippen molar-refractivity contribution in [1.82, 2.24) is 0 Å². The van der Waals surface area contributed by atoms with Crippen LogP contribution in [0.3, 0.4) is 0 Å². The number of hydrogen-bond donors (Lipinski definition) is 0. The van der Waals surface area contributed by atoms with E-state index in [4.69, 9.17) is 9.47 Å². The van der Waals surface area contributed by atoms with Crippen LogP contribution in [0.4, 0.5) is 0 Å². The fourth-order valence-corrected chi connectivity index (χ4v) is 3.67. The predicted molar refractivity (Wildman–Crippen MR) is 76.3 cm³/mol. The molecule has 3 rings (SSSR count). The van der Waals surface area contributed by atoms with E-state index < -0.39 is 0 Å². The van der Waals surface area contributed by atoms with E-state index >= 15 is 0 Å². The van der Waals surface area contributed by atoms with Gasteiger partial charge in [-0.3, -0.25) is 0 Å². The van der Waals surface area contributed by atoms with Crippen molar-refractivity contribution in [2.24, 2.45) is 17.3 Å². The molecule has 19 heavy (non-hydrogen) atoms. The fraction of sp³-hybridized carbons (Fsp3) is 0.647. The SMILES string of the molecule is CCC1(C(C)C)COC2c3ccccc3OCC2C1. The Morgan fingerprint density at radius 3 is 2.84 bits per heavy atom. The maximum Gasteiger partial charge on any atom is 0.125 e. The van der Waals surface area contributed by atoms with Gasteiger partial charge in [-0.05, 0) is 30.2 Å². The molecule has 0 N–H and O–H groups in total. The first kappa shape index (κ1) is 13.0. The third kappa shape index (κ3) is 2.06. The average molecular weight is 260 g/mol. The summed E-state index contributed by atoms with van der Waals surface area (Å²) in [6.45, 7) is 8.63. The molecule has 0 radical (unpaired) electrons. The molecule has 0 spiro atoms. The molecule has 0 saturated carbocycles. The molecule has 0 bridgehead atoms. The normalized spacial score (nSPS) is 33.5. The van der Waals surface area contributed by atoms with Crippen LogP contribution in [0.2, 0.25) is 0 Å². The number of rotatable bonds is 2. The maximum absolute atomic E-state index is 6.30. The summed E-state index contributed by atoms with van der Waals surface area (Å²) in [5, 5.41) is 0. The standard InChI is InChI=1S/C17H24O2/c1-4-17(12(2)3)9-13-10-18-15-8-6-5-7-14(15)16(13)19-11-17/h5-8,12-13,16H,4,9-11H2,1-3H3. The third-order valence-corrected chi connectivity index (χ3v) is 5.25. The van der Waals surface area contributed by atoms with Crippen LogP contribution < -0.4 is 4.74 Å². The van der Waals surface area contributed by atoms with Gasteiger partial charge in [-0.1, -0.05) is 39.0 Å². The molecule has 3 atom stereocenters. The van der Waals surface area contributed by atoms with Gasteiger partial charge >= 0.3 is 0 Å². The molecule has 2 nitrogen and oxygen atoms in total. The molecule has 2 aliphatic rings. The van der Waals surface area contributed by atoms with Gasteiger partial charge in [-0.2, -0.15) is 0 Å². The molecule has 0 aliphatic carbocycles. The van der Waals surface area contributed by atoms with Gasteiger partial charge in [-0.15, -0.1) is 0 Å². The van der Waals surface area contributed by atoms with Gasteiger partial charge in [0.1, 0.15) is 5.75 Å². The van der Waals surface area contributed by atoms with Gasteiger partial charge in [-0.25, -0.2) is 0 Å². The van der Waals surface area contributed by atoms with Crippen molar-refractivity contribution in [2.45, 2.75) is 39.7 Å². The van der Waals surface area contributed by atoms with E-state index in [0.29, 0.717) is 17.3 Å². The Bertz CT molecular complexity index is 454. The molecule has 1 fully saturated rings. The molecule has 2 heterocycles. The topological polar surface area (TPSA) is 18.5 Å². The second kappa shape index (κ2) is 4.82. The highest BCUT2D eigenvalue weighted by molar-refractivity contribution is 5.37. The van der Waals surface area contributed by atoms with Gasteiger partial charge in [0.05, 0.1) is 19.3 Å². The Morgan fingerprint density at radius 1 is 1.32 bits per heavy atom. The second-order valence-corrected chi connectivity index (χ2v) is 6.42. The fourth-order valence-electron chi connectivity index (χ4n) is 3.67. The van der Waals surface area contributed by atoms with E-state index in [1.807, 2.05) is 6.07 Å².